The van der Waals surface area contributed by atoms with Crippen LogP contribution in [0.2, 0.25) is 5.02 Å². The maximum atomic E-state index is 13.1. The van der Waals surface area contributed by atoms with Crippen molar-refractivity contribution in [3.8, 4) is 5.75 Å². The van der Waals surface area contributed by atoms with Gasteiger partial charge in [0, 0.05) is 47.1 Å². The molecule has 1 aliphatic rings. The van der Waals surface area contributed by atoms with Crippen molar-refractivity contribution in [2.75, 3.05) is 5.32 Å². The molecular weight excluding hydrogens is 458 g/mol. The number of nitro groups is 1. The van der Waals surface area contributed by atoms with Crippen LogP contribution in [-0.2, 0) is 17.9 Å². The molecule has 0 saturated carbocycles. The van der Waals surface area contributed by atoms with Crippen molar-refractivity contribution in [2.45, 2.75) is 32.5 Å². The number of anilines is 1. The second-order valence-electron chi connectivity index (χ2n) is 7.92. The number of nitro benzene ring substituents is 1. The van der Waals surface area contributed by atoms with Crippen LogP contribution >= 0.6 is 11.6 Å². The van der Waals surface area contributed by atoms with Crippen molar-refractivity contribution in [1.29, 1.82) is 0 Å². The first-order chi connectivity index (χ1) is 16.3. The molecule has 2 amide bonds. The van der Waals surface area contributed by atoms with E-state index < -0.39 is 16.9 Å². The molecule has 0 aromatic heterocycles. The Balaban J connectivity index is 1.55. The van der Waals surface area contributed by atoms with Crippen LogP contribution in [-0.4, -0.2) is 27.7 Å². The standard InChI is InChI=1S/C25H22ClN3O5/c1-2-22-25(31)28(14-16-3-7-19(26)8-4-16)15-18-13-20(9-12-23(18)34-22)27-24(30)17-5-10-21(11-6-17)29(32)33/h3-13,22H,2,14-15H2,1H3,(H,27,30)/t22-/m1/s1. The van der Waals surface area contributed by atoms with E-state index in [1.54, 1.807) is 35.2 Å². The summed E-state index contributed by atoms with van der Waals surface area (Å²) < 4.78 is 6.00. The van der Waals surface area contributed by atoms with Crippen molar-refractivity contribution in [3.05, 3.63) is 98.6 Å². The third kappa shape index (κ3) is 5.18. The normalized spacial score (nSPS) is 15.2. The van der Waals surface area contributed by atoms with E-state index in [0.29, 0.717) is 41.5 Å². The number of nitrogens with zero attached hydrogens (tertiary/aromatic N) is 2. The fourth-order valence-electron chi connectivity index (χ4n) is 3.73. The van der Waals surface area contributed by atoms with Crippen LogP contribution in [0, 0.1) is 10.1 Å². The van der Waals surface area contributed by atoms with Gasteiger partial charge >= 0.3 is 0 Å². The number of rotatable bonds is 6. The number of benzene rings is 3. The predicted molar refractivity (Wildman–Crippen MR) is 128 cm³/mol. The van der Waals surface area contributed by atoms with Crippen molar-refractivity contribution in [2.24, 2.45) is 0 Å². The van der Waals surface area contributed by atoms with Gasteiger partial charge in [-0.05, 0) is 54.4 Å². The van der Waals surface area contributed by atoms with Crippen LogP contribution < -0.4 is 10.1 Å². The van der Waals surface area contributed by atoms with Gasteiger partial charge in [0.15, 0.2) is 6.10 Å². The van der Waals surface area contributed by atoms with Crippen LogP contribution in [0.5, 0.6) is 5.75 Å². The van der Waals surface area contributed by atoms with Gasteiger partial charge in [0.1, 0.15) is 5.75 Å². The lowest BCUT2D eigenvalue weighted by Gasteiger charge is -2.23. The van der Waals surface area contributed by atoms with Gasteiger partial charge in [0.05, 0.1) is 4.92 Å². The number of hydrogen-bond donors (Lipinski definition) is 1. The number of nitrogens with one attached hydrogen (secondary N) is 1. The monoisotopic (exact) mass is 479 g/mol. The molecule has 34 heavy (non-hydrogen) atoms. The second kappa shape index (κ2) is 9.93. The molecule has 0 saturated heterocycles. The Bertz CT molecular complexity index is 1230. The smallest absolute Gasteiger partial charge is 0.269 e. The number of amides is 2. The Morgan fingerprint density at radius 2 is 1.85 bits per heavy atom. The minimum atomic E-state index is -0.603. The largest absolute Gasteiger partial charge is 0.480 e. The van der Waals surface area contributed by atoms with Gasteiger partial charge in [-0.25, -0.2) is 0 Å². The van der Waals surface area contributed by atoms with Crippen LogP contribution in [0.15, 0.2) is 66.7 Å². The molecule has 0 aliphatic carbocycles. The number of halogens is 1. The number of ether oxygens (including phenoxy) is 1. The summed E-state index contributed by atoms with van der Waals surface area (Å²) in [7, 11) is 0. The third-order valence-corrected chi connectivity index (χ3v) is 5.79. The van der Waals surface area contributed by atoms with Crippen LogP contribution in [0.4, 0.5) is 11.4 Å². The first-order valence-corrected chi connectivity index (χ1v) is 11.1. The van der Waals surface area contributed by atoms with Crippen molar-refractivity contribution in [1.82, 2.24) is 4.90 Å². The molecule has 1 heterocycles. The average molecular weight is 480 g/mol. The SMILES string of the molecule is CC[C@H]1Oc2ccc(NC(=O)c3ccc([N+](=O)[O-])cc3)cc2CN(Cc2ccc(Cl)cc2)C1=O. The van der Waals surface area contributed by atoms with E-state index in [-0.39, 0.29) is 11.6 Å². The zero-order chi connectivity index (χ0) is 24.2. The second-order valence-corrected chi connectivity index (χ2v) is 8.35. The van der Waals surface area contributed by atoms with Gasteiger partial charge in [-0.1, -0.05) is 30.7 Å². The van der Waals surface area contributed by atoms with E-state index in [9.17, 15) is 19.7 Å². The molecule has 0 unspecified atom stereocenters. The Labute approximate surface area is 201 Å². The average Bonchev–Trinajstić information content (AvgIpc) is 2.96. The number of carbonyl (C=O) groups is 2. The first kappa shape index (κ1) is 23.3. The maximum Gasteiger partial charge on any atom is 0.269 e. The van der Waals surface area contributed by atoms with Gasteiger partial charge in [-0.15, -0.1) is 0 Å². The van der Waals surface area contributed by atoms with E-state index in [0.717, 1.165) is 11.1 Å². The summed E-state index contributed by atoms with van der Waals surface area (Å²) in [5.74, 6) is 0.0853. The molecule has 9 heteroatoms. The highest BCUT2D eigenvalue weighted by Gasteiger charge is 2.30. The maximum absolute atomic E-state index is 13.1. The van der Waals surface area contributed by atoms with E-state index in [4.69, 9.17) is 16.3 Å². The van der Waals surface area contributed by atoms with Gasteiger partial charge in [0.2, 0.25) is 0 Å². The topological polar surface area (TPSA) is 102 Å². The molecule has 1 N–H and O–H groups in total. The number of fused-ring (bicyclic) bond motifs is 1. The van der Waals surface area contributed by atoms with Crippen molar-refractivity contribution in [3.63, 3.8) is 0 Å². The number of hydrogen-bond acceptors (Lipinski definition) is 5. The van der Waals surface area contributed by atoms with Gasteiger partial charge in [-0.2, -0.15) is 0 Å². The van der Waals surface area contributed by atoms with Crippen LogP contribution in [0.25, 0.3) is 0 Å². The zero-order valence-electron chi connectivity index (χ0n) is 18.4. The lowest BCUT2D eigenvalue weighted by atomic mass is 10.1. The van der Waals surface area contributed by atoms with Crippen LogP contribution in [0.1, 0.15) is 34.8 Å². The molecular formula is C25H22ClN3O5. The molecule has 4 rings (SSSR count). The molecule has 0 bridgehead atoms. The Kier molecular flexibility index (Phi) is 6.79. The summed E-state index contributed by atoms with van der Waals surface area (Å²) in [6, 6.07) is 17.9. The van der Waals surface area contributed by atoms with E-state index in [1.165, 1.54) is 24.3 Å². The zero-order valence-corrected chi connectivity index (χ0v) is 19.1. The summed E-state index contributed by atoms with van der Waals surface area (Å²) in [6.07, 6.45) is -0.0808. The van der Waals surface area contributed by atoms with E-state index >= 15 is 0 Å². The molecule has 3 aromatic rings. The molecule has 1 atom stereocenters. The van der Waals surface area contributed by atoms with E-state index in [2.05, 4.69) is 5.32 Å². The molecule has 0 fully saturated rings. The third-order valence-electron chi connectivity index (χ3n) is 5.53. The summed E-state index contributed by atoms with van der Waals surface area (Å²) in [6.45, 7) is 2.61. The fraction of sp³-hybridized carbons (Fsp3) is 0.200. The highest BCUT2D eigenvalue weighted by molar-refractivity contribution is 6.30. The summed E-state index contributed by atoms with van der Waals surface area (Å²) in [5.41, 5.74) is 2.44. The van der Waals surface area contributed by atoms with E-state index in [1.807, 2.05) is 19.1 Å². The van der Waals surface area contributed by atoms with Crippen molar-refractivity contribution >= 4 is 34.8 Å². The highest BCUT2D eigenvalue weighted by Crippen LogP contribution is 2.30. The van der Waals surface area contributed by atoms with Gasteiger partial charge < -0.3 is 15.0 Å². The summed E-state index contributed by atoms with van der Waals surface area (Å²) in [5, 5.41) is 14.2. The summed E-state index contributed by atoms with van der Waals surface area (Å²) >= 11 is 5.98. The fourth-order valence-corrected chi connectivity index (χ4v) is 3.85. The molecule has 8 nitrogen and oxygen atoms in total. The van der Waals surface area contributed by atoms with Crippen LogP contribution in [0.3, 0.4) is 0 Å². The number of carbonyl (C=O) groups excluding carboxylic acids is 2. The number of non-ortho nitro benzene ring substituents is 1. The molecule has 174 valence electrons. The molecule has 0 radical (unpaired) electrons. The highest BCUT2D eigenvalue weighted by atomic mass is 35.5. The Morgan fingerprint density at radius 1 is 1.15 bits per heavy atom. The molecule has 3 aromatic carbocycles. The van der Waals surface area contributed by atoms with Gasteiger partial charge in [0.25, 0.3) is 17.5 Å². The quantitative estimate of drug-likeness (QED) is 0.386. The lowest BCUT2D eigenvalue weighted by Crippen LogP contribution is -2.38. The Morgan fingerprint density at radius 3 is 2.50 bits per heavy atom. The molecule has 1 aliphatic heterocycles. The minimum Gasteiger partial charge on any atom is -0.480 e. The van der Waals surface area contributed by atoms with Crippen molar-refractivity contribution < 1.29 is 19.2 Å². The molecule has 0 spiro atoms. The van der Waals surface area contributed by atoms with Gasteiger partial charge in [-0.3, -0.25) is 19.7 Å². The Hall–Kier alpha value is -3.91. The summed E-state index contributed by atoms with van der Waals surface area (Å²) in [4.78, 5) is 37.8. The predicted octanol–water partition coefficient (Wildman–Crippen LogP) is 5.20. The lowest BCUT2D eigenvalue weighted by molar-refractivity contribution is -0.384. The minimum absolute atomic E-state index is 0.0883. The first-order valence-electron chi connectivity index (χ1n) is 10.7.